The van der Waals surface area contributed by atoms with Crippen molar-refractivity contribution in [3.05, 3.63) is 51.2 Å². The average molecular weight is 745 g/mol. The summed E-state index contributed by atoms with van der Waals surface area (Å²) >= 11 is 1.35. The van der Waals surface area contributed by atoms with E-state index in [1.807, 2.05) is 18.0 Å². The first kappa shape index (κ1) is 36.4. The van der Waals surface area contributed by atoms with E-state index in [-0.39, 0.29) is 30.2 Å². The van der Waals surface area contributed by atoms with Gasteiger partial charge in [-0.05, 0) is 63.4 Å². The number of hydrogen-bond acceptors (Lipinski definition) is 11. The van der Waals surface area contributed by atoms with Gasteiger partial charge < -0.3 is 34.2 Å². The van der Waals surface area contributed by atoms with Gasteiger partial charge in [-0.25, -0.2) is 9.97 Å². The number of nitrogens with zero attached hydrogens (tertiary/aromatic N) is 7. The van der Waals surface area contributed by atoms with Crippen LogP contribution in [0.2, 0.25) is 0 Å². The molecule has 15 heteroatoms. The molecule has 14 nitrogen and oxygen atoms in total. The molecular weight excluding hydrogens is 697 g/mol. The second-order valence-corrected chi connectivity index (χ2v) is 14.8. The number of carbonyl (C=O) groups excluding carboxylic acids is 3. The summed E-state index contributed by atoms with van der Waals surface area (Å²) in [5.41, 5.74) is 6.19. The molecule has 4 aromatic rings. The van der Waals surface area contributed by atoms with E-state index in [0.717, 1.165) is 73.1 Å². The molecule has 1 fully saturated rings. The fourth-order valence-corrected chi connectivity index (χ4v) is 8.54. The quantitative estimate of drug-likeness (QED) is 0.315. The second kappa shape index (κ2) is 16.0. The number of anilines is 1. The van der Waals surface area contributed by atoms with Crippen LogP contribution in [0.1, 0.15) is 76.3 Å². The van der Waals surface area contributed by atoms with Crippen molar-refractivity contribution < 1.29 is 28.6 Å². The van der Waals surface area contributed by atoms with E-state index in [1.54, 1.807) is 41.8 Å². The molecule has 7 rings (SSSR count). The number of rotatable bonds is 5. The van der Waals surface area contributed by atoms with Gasteiger partial charge in [0.05, 0.1) is 44.6 Å². The van der Waals surface area contributed by atoms with Gasteiger partial charge in [0.15, 0.2) is 11.5 Å². The van der Waals surface area contributed by atoms with Crippen molar-refractivity contribution in [2.24, 2.45) is 13.0 Å². The summed E-state index contributed by atoms with van der Waals surface area (Å²) in [6, 6.07) is 3.93. The predicted molar refractivity (Wildman–Crippen MR) is 201 cm³/mol. The van der Waals surface area contributed by atoms with Gasteiger partial charge in [0, 0.05) is 74.3 Å². The summed E-state index contributed by atoms with van der Waals surface area (Å²) < 4.78 is 19.1. The Morgan fingerprint density at radius 1 is 0.906 bits per heavy atom. The van der Waals surface area contributed by atoms with Gasteiger partial charge in [-0.1, -0.05) is 0 Å². The van der Waals surface area contributed by atoms with Gasteiger partial charge in [-0.15, -0.1) is 11.3 Å². The molecule has 2 aliphatic heterocycles. The summed E-state index contributed by atoms with van der Waals surface area (Å²) in [6.45, 7) is 2.94. The van der Waals surface area contributed by atoms with Crippen LogP contribution in [0.15, 0.2) is 23.0 Å². The number of thiazole rings is 1. The minimum atomic E-state index is -0.270. The maximum absolute atomic E-state index is 14.8. The zero-order valence-electron chi connectivity index (χ0n) is 31.0. The lowest BCUT2D eigenvalue weighted by atomic mass is 9.95. The molecule has 3 aromatic heterocycles. The van der Waals surface area contributed by atoms with Gasteiger partial charge in [0.2, 0.25) is 11.7 Å². The molecule has 53 heavy (non-hydrogen) atoms. The number of fused-ring (bicyclic) bond motifs is 6. The number of pyridine rings is 1. The Kier molecular flexibility index (Phi) is 11.0. The van der Waals surface area contributed by atoms with E-state index in [4.69, 9.17) is 24.3 Å². The molecule has 0 radical (unpaired) electrons. The highest BCUT2D eigenvalue weighted by atomic mass is 32.1. The molecule has 1 aromatic carbocycles. The first-order chi connectivity index (χ1) is 25.8. The minimum Gasteiger partial charge on any atom is -0.493 e. The van der Waals surface area contributed by atoms with Crippen molar-refractivity contribution >= 4 is 45.8 Å². The number of benzene rings is 1. The van der Waals surface area contributed by atoms with Crippen LogP contribution in [-0.2, 0) is 31.2 Å². The first-order valence-electron chi connectivity index (χ1n) is 18.4. The van der Waals surface area contributed by atoms with Crippen molar-refractivity contribution in [2.75, 3.05) is 65.5 Å². The smallest absolute Gasteiger partial charge is 0.273 e. The summed E-state index contributed by atoms with van der Waals surface area (Å²) in [6.07, 6.45) is 6.81. The molecule has 282 valence electrons. The second-order valence-electron chi connectivity index (χ2n) is 14.1. The molecule has 3 aliphatic rings. The lowest BCUT2D eigenvalue weighted by Crippen LogP contribution is -2.46. The monoisotopic (exact) mass is 744 g/mol. The zero-order valence-corrected chi connectivity index (χ0v) is 31.8. The summed E-state index contributed by atoms with van der Waals surface area (Å²) in [5.74, 6) is 1.89. The Balaban J connectivity index is 1.31. The zero-order chi connectivity index (χ0) is 37.1. The van der Waals surface area contributed by atoms with Crippen LogP contribution in [0.4, 0.5) is 5.82 Å². The molecule has 5 heterocycles. The maximum Gasteiger partial charge on any atom is 0.273 e. The molecule has 0 spiro atoms. The molecule has 0 saturated carbocycles. The molecule has 3 amide bonds. The van der Waals surface area contributed by atoms with Gasteiger partial charge in [-0.2, -0.15) is 5.10 Å². The molecule has 1 atom stereocenters. The average Bonchev–Trinajstić information content (AvgIpc) is 3.83. The van der Waals surface area contributed by atoms with Crippen LogP contribution in [0.25, 0.3) is 10.9 Å². The lowest BCUT2D eigenvalue weighted by molar-refractivity contribution is -0.122. The molecular formula is C38H48N8O6S. The van der Waals surface area contributed by atoms with E-state index in [2.05, 4.69) is 21.3 Å². The molecule has 1 saturated heterocycles. The summed E-state index contributed by atoms with van der Waals surface area (Å²) in [7, 11) is 6.63. The topological polar surface area (TPSA) is 144 Å². The van der Waals surface area contributed by atoms with Crippen LogP contribution < -0.4 is 24.4 Å². The number of amides is 3. The van der Waals surface area contributed by atoms with Crippen LogP contribution in [0, 0.1) is 5.92 Å². The van der Waals surface area contributed by atoms with Crippen molar-refractivity contribution in [2.45, 2.75) is 57.9 Å². The van der Waals surface area contributed by atoms with Gasteiger partial charge in [0.1, 0.15) is 17.2 Å². The number of nitrogens with one attached hydrogen (secondary N) is 1. The molecule has 2 bridgehead atoms. The Morgan fingerprint density at radius 3 is 2.42 bits per heavy atom. The number of methoxy groups -OCH3 is 3. The van der Waals surface area contributed by atoms with Gasteiger partial charge >= 0.3 is 0 Å². The van der Waals surface area contributed by atoms with Crippen LogP contribution in [-0.4, -0.2) is 108 Å². The summed E-state index contributed by atoms with van der Waals surface area (Å²) in [4.78, 5) is 56.8. The van der Waals surface area contributed by atoms with Crippen LogP contribution in [0.3, 0.4) is 0 Å². The van der Waals surface area contributed by atoms with Crippen LogP contribution >= 0.6 is 11.3 Å². The Bertz CT molecular complexity index is 1980. The Hall–Kier alpha value is -4.92. The number of aromatic nitrogens is 4. The Morgan fingerprint density at radius 2 is 1.68 bits per heavy atom. The van der Waals surface area contributed by atoms with E-state index in [1.165, 1.54) is 11.3 Å². The van der Waals surface area contributed by atoms with Crippen molar-refractivity contribution in [3.63, 3.8) is 0 Å². The standard InChI is InChI=1S/C38H48N8O6S/c1-43-33(26-11-5-6-12-28(26)42-43)38(49)45-13-7-8-14-46(37(48)30-22-53-23-40-30)21-32(47)39-18-24-10-9-15-44(19-24)36-25(20-45)16-27-29(41-36)17-31(50-2)35(52-4)34(27)51-3/h16-17,22-24H,5-15,18-21H2,1-4H3,(H,39,47). The lowest BCUT2D eigenvalue weighted by Gasteiger charge is -2.36. The van der Waals surface area contributed by atoms with Crippen molar-refractivity contribution in [1.82, 2.24) is 34.9 Å². The van der Waals surface area contributed by atoms with E-state index >= 15 is 0 Å². The van der Waals surface area contributed by atoms with Crippen LogP contribution in [0.5, 0.6) is 17.2 Å². The third-order valence-electron chi connectivity index (χ3n) is 10.6. The summed E-state index contributed by atoms with van der Waals surface area (Å²) in [5, 5.41) is 10.3. The minimum absolute atomic E-state index is 0.0555. The SMILES string of the molecule is COc1cc2nc3c(cc2c(OC)c1OC)CN(C(=O)c1c2c(nn1C)CCCC2)CCCCN(C(=O)c1cscn1)CC(=O)NCC1CCCN3C1. The maximum atomic E-state index is 14.8. The van der Waals surface area contributed by atoms with E-state index in [9.17, 15) is 14.4 Å². The molecule has 1 N–H and O–H groups in total. The molecule has 1 unspecified atom stereocenters. The highest BCUT2D eigenvalue weighted by Crippen LogP contribution is 2.44. The number of carbonyl (C=O) groups is 3. The van der Waals surface area contributed by atoms with E-state index in [0.29, 0.717) is 79.7 Å². The highest BCUT2D eigenvalue weighted by Gasteiger charge is 2.31. The first-order valence-corrected chi connectivity index (χ1v) is 19.4. The fourth-order valence-electron chi connectivity index (χ4n) is 8.02. The van der Waals surface area contributed by atoms with Gasteiger partial charge in [0.25, 0.3) is 11.8 Å². The Labute approximate surface area is 313 Å². The highest BCUT2D eigenvalue weighted by molar-refractivity contribution is 7.07. The largest absolute Gasteiger partial charge is 0.493 e. The molecule has 1 aliphatic carbocycles. The third-order valence-corrected chi connectivity index (χ3v) is 11.2. The fraction of sp³-hybridized carbons (Fsp3) is 0.526. The van der Waals surface area contributed by atoms with Crippen molar-refractivity contribution in [1.29, 1.82) is 0 Å². The third kappa shape index (κ3) is 7.48. The number of ether oxygens (including phenoxy) is 3. The van der Waals surface area contributed by atoms with Gasteiger partial charge in [-0.3, -0.25) is 19.1 Å². The number of aryl methyl sites for hydroxylation is 2. The van der Waals surface area contributed by atoms with E-state index < -0.39 is 0 Å². The normalized spacial score (nSPS) is 18.6. The number of hydrogen-bond donors (Lipinski definition) is 1. The van der Waals surface area contributed by atoms with Crippen molar-refractivity contribution in [3.8, 4) is 17.2 Å². The number of piperidine rings is 1. The predicted octanol–water partition coefficient (Wildman–Crippen LogP) is 4.24.